The molecule has 1 atom stereocenters. The van der Waals surface area contributed by atoms with Gasteiger partial charge in [-0.15, -0.1) is 5.10 Å². The molecule has 1 aromatic rings. The van der Waals surface area contributed by atoms with Crippen LogP contribution >= 0.6 is 27.7 Å². The number of anilines is 1. The molecule has 1 unspecified atom stereocenters. The number of thioether (sulfide) groups is 1. The summed E-state index contributed by atoms with van der Waals surface area (Å²) in [6, 6.07) is 5.57. The summed E-state index contributed by atoms with van der Waals surface area (Å²) < 4.78 is 0.798. The SMILES string of the molecule is CC(=O)NC1=NN(C(C)=O)C2(S1)C(=O)N(CC(C)C)c1ccc(Br)cc12. The average Bonchev–Trinajstić information content (AvgIpc) is 3.00. The molecule has 2 aliphatic rings. The van der Waals surface area contributed by atoms with E-state index < -0.39 is 4.87 Å². The van der Waals surface area contributed by atoms with Crippen molar-refractivity contribution in [1.29, 1.82) is 0 Å². The van der Waals surface area contributed by atoms with Gasteiger partial charge in [-0.2, -0.15) is 5.01 Å². The molecule has 0 aromatic heterocycles. The molecule has 0 radical (unpaired) electrons. The zero-order valence-corrected chi connectivity index (χ0v) is 17.3. The minimum Gasteiger partial charge on any atom is -0.309 e. The lowest BCUT2D eigenvalue weighted by atomic mass is 10.1. The number of nitrogens with one attached hydrogen (secondary N) is 1. The molecular formula is C17H19BrN4O3S. The highest BCUT2D eigenvalue weighted by atomic mass is 79.9. The molecule has 9 heteroatoms. The van der Waals surface area contributed by atoms with E-state index >= 15 is 0 Å². The Morgan fingerprint density at radius 1 is 1.35 bits per heavy atom. The standard InChI is InChI=1S/C17H19BrN4O3S/c1-9(2)8-21-14-6-5-12(18)7-13(14)17(15(21)25)22(11(4)24)20-16(26-17)19-10(3)23/h5-7,9H,8H2,1-4H3,(H,19,20,23). The fourth-order valence-electron chi connectivity index (χ4n) is 3.13. The minimum absolute atomic E-state index is 0.233. The number of hydrogen-bond donors (Lipinski definition) is 1. The van der Waals surface area contributed by atoms with E-state index in [1.54, 1.807) is 4.90 Å². The van der Waals surface area contributed by atoms with E-state index in [1.807, 2.05) is 32.0 Å². The first kappa shape index (κ1) is 18.9. The Hall–Kier alpha value is -1.87. The van der Waals surface area contributed by atoms with Gasteiger partial charge < -0.3 is 10.2 Å². The summed E-state index contributed by atoms with van der Waals surface area (Å²) in [7, 11) is 0. The van der Waals surface area contributed by atoms with Crippen LogP contribution in [0.3, 0.4) is 0 Å². The predicted molar refractivity (Wildman–Crippen MR) is 104 cm³/mol. The Balaban J connectivity index is 2.16. The fraction of sp³-hybridized carbons (Fsp3) is 0.412. The lowest BCUT2D eigenvalue weighted by Crippen LogP contribution is -2.49. The van der Waals surface area contributed by atoms with Crippen LogP contribution in [0.25, 0.3) is 0 Å². The molecule has 1 N–H and O–H groups in total. The fourth-order valence-corrected chi connectivity index (χ4v) is 4.82. The van der Waals surface area contributed by atoms with Gasteiger partial charge in [0.2, 0.25) is 16.7 Å². The van der Waals surface area contributed by atoms with Crippen LogP contribution < -0.4 is 10.2 Å². The second kappa shape index (κ2) is 6.70. The molecule has 0 fully saturated rings. The average molecular weight is 439 g/mol. The molecule has 26 heavy (non-hydrogen) atoms. The number of nitrogens with zero attached hydrogens (tertiary/aromatic N) is 3. The van der Waals surface area contributed by atoms with Gasteiger partial charge in [0.25, 0.3) is 5.91 Å². The molecule has 3 amide bonds. The van der Waals surface area contributed by atoms with Crippen LogP contribution in [0.4, 0.5) is 5.69 Å². The van der Waals surface area contributed by atoms with Gasteiger partial charge in [-0.3, -0.25) is 14.4 Å². The molecule has 1 spiro atoms. The maximum Gasteiger partial charge on any atom is 0.270 e. The van der Waals surface area contributed by atoms with Crippen LogP contribution in [0.15, 0.2) is 27.8 Å². The smallest absolute Gasteiger partial charge is 0.270 e. The molecule has 0 bridgehead atoms. The number of fused-ring (bicyclic) bond motifs is 2. The Morgan fingerprint density at radius 3 is 2.62 bits per heavy atom. The second-order valence-corrected chi connectivity index (χ2v) is 8.73. The van der Waals surface area contributed by atoms with Crippen molar-refractivity contribution in [1.82, 2.24) is 10.3 Å². The van der Waals surface area contributed by atoms with Gasteiger partial charge in [-0.05, 0) is 35.9 Å². The third-order valence-corrected chi connectivity index (χ3v) is 5.75. The summed E-state index contributed by atoms with van der Waals surface area (Å²) in [5, 5.41) is 8.23. The van der Waals surface area contributed by atoms with Crippen LogP contribution in [-0.2, 0) is 19.3 Å². The third-order valence-electron chi connectivity index (χ3n) is 4.01. The van der Waals surface area contributed by atoms with Crippen molar-refractivity contribution < 1.29 is 14.4 Å². The van der Waals surface area contributed by atoms with Gasteiger partial charge in [-0.25, -0.2) is 0 Å². The Kier molecular flexibility index (Phi) is 4.87. The number of amidine groups is 1. The van der Waals surface area contributed by atoms with Gasteiger partial charge in [-0.1, -0.05) is 29.8 Å². The third kappa shape index (κ3) is 2.92. The summed E-state index contributed by atoms with van der Waals surface area (Å²) in [6.07, 6.45) is 0. The number of carbonyl (C=O) groups excluding carboxylic acids is 3. The van der Waals surface area contributed by atoms with Crippen molar-refractivity contribution in [2.24, 2.45) is 11.0 Å². The van der Waals surface area contributed by atoms with E-state index in [0.717, 1.165) is 21.9 Å². The first-order chi connectivity index (χ1) is 12.2. The van der Waals surface area contributed by atoms with Crippen molar-refractivity contribution >= 4 is 56.3 Å². The van der Waals surface area contributed by atoms with Gasteiger partial charge in [0, 0.05) is 30.4 Å². The van der Waals surface area contributed by atoms with E-state index in [9.17, 15) is 14.4 Å². The molecular weight excluding hydrogens is 420 g/mol. The van der Waals surface area contributed by atoms with Gasteiger partial charge in [0.1, 0.15) is 0 Å². The quantitative estimate of drug-likeness (QED) is 0.768. The Morgan fingerprint density at radius 2 is 2.04 bits per heavy atom. The molecule has 0 saturated heterocycles. The maximum absolute atomic E-state index is 13.5. The number of amides is 3. The Labute approximate surface area is 164 Å². The van der Waals surface area contributed by atoms with E-state index in [4.69, 9.17) is 0 Å². The maximum atomic E-state index is 13.5. The largest absolute Gasteiger partial charge is 0.309 e. The minimum atomic E-state index is -1.34. The number of carbonyl (C=O) groups is 3. The monoisotopic (exact) mass is 438 g/mol. The number of benzene rings is 1. The molecule has 0 saturated carbocycles. The Bertz CT molecular complexity index is 841. The predicted octanol–water partition coefficient (Wildman–Crippen LogP) is 2.61. The highest BCUT2D eigenvalue weighted by Gasteiger charge is 2.61. The first-order valence-corrected chi connectivity index (χ1v) is 9.75. The van der Waals surface area contributed by atoms with E-state index in [1.165, 1.54) is 18.9 Å². The summed E-state index contributed by atoms with van der Waals surface area (Å²) in [5.41, 5.74) is 1.44. The first-order valence-electron chi connectivity index (χ1n) is 8.14. The van der Waals surface area contributed by atoms with Crippen molar-refractivity contribution in [3.05, 3.63) is 28.2 Å². The van der Waals surface area contributed by atoms with Gasteiger partial charge >= 0.3 is 0 Å². The van der Waals surface area contributed by atoms with Crippen LogP contribution in [0.1, 0.15) is 33.3 Å². The zero-order valence-electron chi connectivity index (χ0n) is 14.9. The lowest BCUT2D eigenvalue weighted by Gasteiger charge is -2.30. The number of hydrazone groups is 1. The summed E-state index contributed by atoms with van der Waals surface area (Å²) >= 11 is 4.54. The van der Waals surface area contributed by atoms with Crippen LogP contribution in [0.2, 0.25) is 0 Å². The van der Waals surface area contributed by atoms with E-state index in [2.05, 4.69) is 26.3 Å². The van der Waals surface area contributed by atoms with E-state index in [0.29, 0.717) is 12.1 Å². The molecule has 138 valence electrons. The topological polar surface area (TPSA) is 82.1 Å². The number of hydrogen-bond acceptors (Lipinski definition) is 5. The normalized spacial score (nSPS) is 21.5. The summed E-state index contributed by atoms with van der Waals surface area (Å²) in [5.74, 6) is -0.665. The van der Waals surface area contributed by atoms with Gasteiger partial charge in [0.15, 0.2) is 5.17 Å². The molecule has 0 aliphatic carbocycles. The molecule has 3 rings (SSSR count). The van der Waals surface area contributed by atoms with Crippen molar-refractivity contribution in [3.63, 3.8) is 0 Å². The van der Waals surface area contributed by atoms with Crippen LogP contribution in [0, 0.1) is 5.92 Å². The van der Waals surface area contributed by atoms with E-state index in [-0.39, 0.29) is 28.8 Å². The van der Waals surface area contributed by atoms with Crippen molar-refractivity contribution in [2.45, 2.75) is 32.6 Å². The highest BCUT2D eigenvalue weighted by Crippen LogP contribution is 2.55. The molecule has 2 aliphatic heterocycles. The summed E-state index contributed by atoms with van der Waals surface area (Å²) in [6.45, 7) is 7.30. The summed E-state index contributed by atoms with van der Waals surface area (Å²) in [4.78, 5) is 37.6. The zero-order chi connectivity index (χ0) is 19.2. The number of halogens is 1. The van der Waals surface area contributed by atoms with Crippen molar-refractivity contribution in [2.75, 3.05) is 11.4 Å². The second-order valence-electron chi connectivity index (χ2n) is 6.63. The lowest BCUT2D eigenvalue weighted by molar-refractivity contribution is -0.139. The van der Waals surface area contributed by atoms with Gasteiger partial charge in [0.05, 0.1) is 5.69 Å². The van der Waals surface area contributed by atoms with Crippen LogP contribution in [-0.4, -0.2) is 34.4 Å². The molecule has 2 heterocycles. The van der Waals surface area contributed by atoms with Crippen molar-refractivity contribution in [3.8, 4) is 0 Å². The van der Waals surface area contributed by atoms with Crippen LogP contribution in [0.5, 0.6) is 0 Å². The number of rotatable bonds is 2. The molecule has 7 nitrogen and oxygen atoms in total. The molecule has 1 aromatic carbocycles. The highest BCUT2D eigenvalue weighted by molar-refractivity contribution is 9.10.